The van der Waals surface area contributed by atoms with E-state index in [1.165, 1.54) is 28.4 Å². The maximum Gasteiger partial charge on any atom is 0.243 e. The van der Waals surface area contributed by atoms with Gasteiger partial charge in [-0.25, -0.2) is 4.39 Å². The molecule has 2 atom stereocenters. The molecule has 3 aromatic rings. The van der Waals surface area contributed by atoms with Gasteiger partial charge in [-0.15, -0.1) is 11.3 Å². The van der Waals surface area contributed by atoms with E-state index >= 15 is 0 Å². The summed E-state index contributed by atoms with van der Waals surface area (Å²) in [6.45, 7) is 0.650. The Balaban J connectivity index is 1.32. The molecule has 1 fully saturated rings. The minimum absolute atomic E-state index is 0.0469. The number of hydrogen-bond donors (Lipinski definition) is 4. The molecule has 40 heavy (non-hydrogen) atoms. The number of thiophene rings is 1. The van der Waals surface area contributed by atoms with E-state index < -0.39 is 6.04 Å². The lowest BCUT2D eigenvalue weighted by Gasteiger charge is -2.24. The molecule has 0 spiro atoms. The molecule has 1 aliphatic heterocycles. The first-order valence-corrected chi connectivity index (χ1v) is 13.9. The molecule has 4 rings (SSSR count). The van der Waals surface area contributed by atoms with Crippen LogP contribution in [0.5, 0.6) is 5.75 Å². The van der Waals surface area contributed by atoms with Gasteiger partial charge >= 0.3 is 0 Å². The van der Waals surface area contributed by atoms with E-state index in [1.54, 1.807) is 23.6 Å². The Morgan fingerprint density at radius 2 is 1.85 bits per heavy atom. The Morgan fingerprint density at radius 1 is 1.10 bits per heavy atom. The second-order valence-electron chi connectivity index (χ2n) is 9.52. The SMILES string of the molecule is N=C(N)c1csc(CNC(=O)[C@@H]2C[C@@H](c3ccc(F)cc3)CN2C(=O)CNC(=O)CCCOc2ccccc2)c1. The summed E-state index contributed by atoms with van der Waals surface area (Å²) in [6.07, 6.45) is 1.06. The third-order valence-electron chi connectivity index (χ3n) is 6.66. The van der Waals surface area contributed by atoms with Gasteiger partial charge in [-0.05, 0) is 48.7 Å². The van der Waals surface area contributed by atoms with E-state index in [-0.39, 0.29) is 61.3 Å². The number of para-hydroxylation sites is 1. The molecule has 9 nitrogen and oxygen atoms in total. The topological polar surface area (TPSA) is 138 Å². The minimum atomic E-state index is -0.744. The van der Waals surface area contributed by atoms with Crippen LogP contribution in [0.15, 0.2) is 66.0 Å². The molecule has 1 saturated heterocycles. The van der Waals surface area contributed by atoms with Gasteiger partial charge in [-0.1, -0.05) is 30.3 Å². The third kappa shape index (κ3) is 7.89. The smallest absolute Gasteiger partial charge is 0.243 e. The number of nitrogens with one attached hydrogen (secondary N) is 3. The maximum atomic E-state index is 13.5. The summed E-state index contributed by atoms with van der Waals surface area (Å²) in [6, 6.07) is 16.4. The first kappa shape index (κ1) is 28.8. The number of nitrogens with zero attached hydrogens (tertiary/aromatic N) is 1. The molecule has 0 unspecified atom stereocenters. The monoisotopic (exact) mass is 565 g/mol. The molecule has 1 aliphatic rings. The second kappa shape index (κ2) is 13.7. The summed E-state index contributed by atoms with van der Waals surface area (Å²) in [7, 11) is 0. The molecule has 5 N–H and O–H groups in total. The third-order valence-corrected chi connectivity index (χ3v) is 7.60. The molecule has 0 aliphatic carbocycles. The Bertz CT molecular complexity index is 1330. The number of likely N-dealkylation sites (tertiary alicyclic amines) is 1. The molecular formula is C29H32FN5O4S. The molecule has 1 aromatic heterocycles. The zero-order chi connectivity index (χ0) is 28.5. The van der Waals surface area contributed by atoms with Crippen molar-refractivity contribution in [3.05, 3.63) is 87.9 Å². The number of amides is 3. The van der Waals surface area contributed by atoms with Crippen LogP contribution in [-0.2, 0) is 20.9 Å². The van der Waals surface area contributed by atoms with Crippen molar-refractivity contribution < 1.29 is 23.5 Å². The Hall–Kier alpha value is -4.25. The summed E-state index contributed by atoms with van der Waals surface area (Å²) in [5.41, 5.74) is 6.94. The van der Waals surface area contributed by atoms with Crippen LogP contribution in [0.2, 0.25) is 0 Å². The number of nitrogen functional groups attached to an aromatic ring is 1. The Kier molecular flexibility index (Phi) is 9.85. The number of ether oxygens (including phenoxy) is 1. The van der Waals surface area contributed by atoms with Gasteiger partial charge in [0.15, 0.2) is 0 Å². The van der Waals surface area contributed by atoms with Crippen molar-refractivity contribution in [2.75, 3.05) is 19.7 Å². The van der Waals surface area contributed by atoms with Crippen LogP contribution in [0.1, 0.15) is 41.2 Å². The Morgan fingerprint density at radius 3 is 2.55 bits per heavy atom. The van der Waals surface area contributed by atoms with Gasteiger partial charge in [-0.3, -0.25) is 19.8 Å². The fraction of sp³-hybridized carbons (Fsp3) is 0.310. The largest absolute Gasteiger partial charge is 0.494 e. The van der Waals surface area contributed by atoms with E-state index in [0.717, 1.165) is 16.2 Å². The predicted molar refractivity (Wildman–Crippen MR) is 151 cm³/mol. The lowest BCUT2D eigenvalue weighted by atomic mass is 9.96. The van der Waals surface area contributed by atoms with E-state index in [4.69, 9.17) is 15.9 Å². The van der Waals surface area contributed by atoms with Crippen LogP contribution >= 0.6 is 11.3 Å². The van der Waals surface area contributed by atoms with Crippen molar-refractivity contribution in [2.24, 2.45) is 5.73 Å². The summed E-state index contributed by atoms with van der Waals surface area (Å²) in [5, 5.41) is 14.8. The standard InChI is InChI=1S/C29H32FN5O4S/c30-22-10-8-19(9-11-22)20-14-25(29(38)34-15-24-13-21(18-40-24)28(31)32)35(17-20)27(37)16-33-26(36)7-4-12-39-23-5-2-1-3-6-23/h1-3,5-6,8-11,13,18,20,25H,4,7,12,14-17H2,(H3,31,32)(H,33,36)(H,34,38)/t20-,25+/m1/s1. The molecule has 2 heterocycles. The van der Waals surface area contributed by atoms with Crippen LogP contribution < -0.4 is 21.1 Å². The summed E-state index contributed by atoms with van der Waals surface area (Å²) in [5.74, 6) is -0.799. The van der Waals surface area contributed by atoms with Crippen molar-refractivity contribution in [1.29, 1.82) is 5.41 Å². The van der Waals surface area contributed by atoms with E-state index in [0.29, 0.717) is 25.0 Å². The molecule has 0 radical (unpaired) electrons. The number of carbonyl (C=O) groups excluding carboxylic acids is 3. The average Bonchev–Trinajstić information content (AvgIpc) is 3.62. The van der Waals surface area contributed by atoms with Crippen molar-refractivity contribution in [2.45, 2.75) is 37.8 Å². The van der Waals surface area contributed by atoms with Gasteiger partial charge < -0.3 is 26.0 Å². The number of amidine groups is 1. The molecule has 3 amide bonds. The quantitative estimate of drug-likeness (QED) is 0.152. The first-order valence-electron chi connectivity index (χ1n) is 13.0. The first-order chi connectivity index (χ1) is 19.3. The zero-order valence-electron chi connectivity index (χ0n) is 21.9. The molecular weight excluding hydrogens is 533 g/mol. The maximum absolute atomic E-state index is 13.5. The van der Waals surface area contributed by atoms with E-state index in [9.17, 15) is 18.8 Å². The van der Waals surface area contributed by atoms with Gasteiger partial charge in [0.1, 0.15) is 23.4 Å². The summed E-state index contributed by atoms with van der Waals surface area (Å²) < 4.78 is 19.1. The van der Waals surface area contributed by atoms with E-state index in [2.05, 4.69) is 10.6 Å². The van der Waals surface area contributed by atoms with Gasteiger partial charge in [0, 0.05) is 34.7 Å². The van der Waals surface area contributed by atoms with Crippen molar-refractivity contribution >= 4 is 34.9 Å². The van der Waals surface area contributed by atoms with E-state index in [1.807, 2.05) is 30.3 Å². The van der Waals surface area contributed by atoms with Crippen molar-refractivity contribution in [3.63, 3.8) is 0 Å². The van der Waals surface area contributed by atoms with Gasteiger partial charge in [0.2, 0.25) is 17.7 Å². The van der Waals surface area contributed by atoms with Gasteiger partial charge in [0.25, 0.3) is 0 Å². The van der Waals surface area contributed by atoms with Gasteiger partial charge in [0.05, 0.1) is 19.7 Å². The highest BCUT2D eigenvalue weighted by Crippen LogP contribution is 2.32. The van der Waals surface area contributed by atoms with Crippen LogP contribution in [0.25, 0.3) is 0 Å². The normalized spacial score (nSPS) is 16.4. The number of halogens is 1. The van der Waals surface area contributed by atoms with Crippen LogP contribution in [0, 0.1) is 11.2 Å². The highest BCUT2D eigenvalue weighted by Gasteiger charge is 2.40. The number of nitrogens with two attached hydrogens (primary N) is 1. The molecule has 210 valence electrons. The van der Waals surface area contributed by atoms with Crippen molar-refractivity contribution in [3.8, 4) is 5.75 Å². The molecule has 0 bridgehead atoms. The lowest BCUT2D eigenvalue weighted by molar-refractivity contribution is -0.138. The number of benzene rings is 2. The highest BCUT2D eigenvalue weighted by molar-refractivity contribution is 7.10. The second-order valence-corrected chi connectivity index (χ2v) is 10.5. The fourth-order valence-electron chi connectivity index (χ4n) is 4.55. The highest BCUT2D eigenvalue weighted by atomic mass is 32.1. The predicted octanol–water partition coefficient (Wildman–Crippen LogP) is 3.15. The Labute approximate surface area is 236 Å². The average molecular weight is 566 g/mol. The van der Waals surface area contributed by atoms with Crippen LogP contribution in [0.3, 0.4) is 0 Å². The number of carbonyl (C=O) groups is 3. The molecule has 0 saturated carbocycles. The molecule has 2 aromatic carbocycles. The number of rotatable bonds is 12. The van der Waals surface area contributed by atoms with Crippen molar-refractivity contribution in [1.82, 2.24) is 15.5 Å². The molecule has 11 heteroatoms. The summed E-state index contributed by atoms with van der Waals surface area (Å²) >= 11 is 1.38. The fourth-order valence-corrected chi connectivity index (χ4v) is 5.37. The van der Waals surface area contributed by atoms with Crippen LogP contribution in [0.4, 0.5) is 4.39 Å². The zero-order valence-corrected chi connectivity index (χ0v) is 22.7. The lowest BCUT2D eigenvalue weighted by Crippen LogP contribution is -2.48. The van der Waals surface area contributed by atoms with Gasteiger partial charge in [-0.2, -0.15) is 0 Å². The van der Waals surface area contributed by atoms with Crippen LogP contribution in [-0.4, -0.2) is 54.2 Å². The summed E-state index contributed by atoms with van der Waals surface area (Å²) in [4.78, 5) is 41.0. The minimum Gasteiger partial charge on any atom is -0.494 e. The number of hydrogen-bond acceptors (Lipinski definition) is 6.